The summed E-state index contributed by atoms with van der Waals surface area (Å²) in [4.78, 5) is 0. The minimum absolute atomic E-state index is 0.0491. The summed E-state index contributed by atoms with van der Waals surface area (Å²) in [6, 6.07) is 6.28. The molecule has 4 heteroatoms. The molecule has 21 heavy (non-hydrogen) atoms. The molecule has 1 aromatic carbocycles. The Morgan fingerprint density at radius 1 is 1.29 bits per heavy atom. The van der Waals surface area contributed by atoms with Gasteiger partial charge >= 0.3 is 0 Å². The average Bonchev–Trinajstić information content (AvgIpc) is 2.96. The van der Waals surface area contributed by atoms with Gasteiger partial charge in [0.25, 0.3) is 0 Å². The van der Waals surface area contributed by atoms with E-state index in [2.05, 4.69) is 24.4 Å². The summed E-state index contributed by atoms with van der Waals surface area (Å²) in [6.07, 6.45) is 4.61. The highest BCUT2D eigenvalue weighted by atomic mass is 16.5. The SMILES string of the molecule is COc1ccc(C2(C)CCCN2)cc1OC1CCCOC1. The lowest BCUT2D eigenvalue weighted by Gasteiger charge is -2.28. The molecule has 0 spiro atoms. The van der Waals surface area contributed by atoms with Crippen molar-refractivity contribution in [2.75, 3.05) is 26.9 Å². The van der Waals surface area contributed by atoms with Crippen molar-refractivity contribution in [1.82, 2.24) is 5.32 Å². The lowest BCUT2D eigenvalue weighted by Crippen LogP contribution is -2.33. The first-order valence-corrected chi connectivity index (χ1v) is 7.89. The molecule has 1 N–H and O–H groups in total. The molecule has 0 saturated carbocycles. The second kappa shape index (κ2) is 6.24. The van der Waals surface area contributed by atoms with Gasteiger partial charge in [0.15, 0.2) is 11.5 Å². The number of hydrogen-bond acceptors (Lipinski definition) is 4. The van der Waals surface area contributed by atoms with E-state index in [1.807, 2.05) is 6.07 Å². The van der Waals surface area contributed by atoms with Crippen LogP contribution in [0.15, 0.2) is 18.2 Å². The first-order valence-electron chi connectivity index (χ1n) is 7.89. The van der Waals surface area contributed by atoms with E-state index in [9.17, 15) is 0 Å². The van der Waals surface area contributed by atoms with Gasteiger partial charge in [0.2, 0.25) is 0 Å². The van der Waals surface area contributed by atoms with Crippen molar-refractivity contribution in [2.45, 2.75) is 44.2 Å². The van der Waals surface area contributed by atoms with Gasteiger partial charge in [-0.25, -0.2) is 0 Å². The third-order valence-corrected chi connectivity index (χ3v) is 4.58. The smallest absolute Gasteiger partial charge is 0.162 e. The highest BCUT2D eigenvalue weighted by Gasteiger charge is 2.31. The number of ether oxygens (including phenoxy) is 3. The van der Waals surface area contributed by atoms with Crippen LogP contribution >= 0.6 is 0 Å². The summed E-state index contributed by atoms with van der Waals surface area (Å²) in [7, 11) is 1.69. The van der Waals surface area contributed by atoms with Crippen LogP contribution in [0, 0.1) is 0 Å². The summed E-state index contributed by atoms with van der Waals surface area (Å²) in [5.41, 5.74) is 1.32. The Balaban J connectivity index is 1.82. The Labute approximate surface area is 126 Å². The maximum atomic E-state index is 6.14. The van der Waals surface area contributed by atoms with Crippen LogP contribution in [0.2, 0.25) is 0 Å². The molecule has 4 nitrogen and oxygen atoms in total. The number of nitrogens with one attached hydrogen (secondary N) is 1. The predicted molar refractivity (Wildman–Crippen MR) is 82.1 cm³/mol. The van der Waals surface area contributed by atoms with Crippen molar-refractivity contribution >= 4 is 0 Å². The maximum Gasteiger partial charge on any atom is 0.162 e. The van der Waals surface area contributed by atoms with Crippen LogP contribution < -0.4 is 14.8 Å². The van der Waals surface area contributed by atoms with Crippen LogP contribution in [-0.2, 0) is 10.3 Å². The third-order valence-electron chi connectivity index (χ3n) is 4.58. The zero-order valence-corrected chi connectivity index (χ0v) is 13.0. The molecule has 2 aliphatic heterocycles. The molecule has 116 valence electrons. The fourth-order valence-corrected chi connectivity index (χ4v) is 3.24. The Kier molecular flexibility index (Phi) is 4.36. The minimum atomic E-state index is 0.0491. The standard InChI is InChI=1S/C17H25NO3/c1-17(8-4-9-18-17)13-6-7-15(19-2)16(11-13)21-14-5-3-10-20-12-14/h6-7,11,14,18H,3-5,8-10,12H2,1-2H3. The summed E-state index contributed by atoms with van der Waals surface area (Å²) < 4.78 is 17.1. The summed E-state index contributed by atoms with van der Waals surface area (Å²) >= 11 is 0. The average molecular weight is 291 g/mol. The highest BCUT2D eigenvalue weighted by molar-refractivity contribution is 5.45. The molecule has 0 bridgehead atoms. The summed E-state index contributed by atoms with van der Waals surface area (Å²) in [5, 5.41) is 3.60. The Morgan fingerprint density at radius 2 is 2.19 bits per heavy atom. The van der Waals surface area contributed by atoms with Crippen molar-refractivity contribution in [2.24, 2.45) is 0 Å². The second-order valence-electron chi connectivity index (χ2n) is 6.19. The van der Waals surface area contributed by atoms with Gasteiger partial charge in [-0.2, -0.15) is 0 Å². The van der Waals surface area contributed by atoms with E-state index in [-0.39, 0.29) is 11.6 Å². The van der Waals surface area contributed by atoms with Crippen molar-refractivity contribution in [1.29, 1.82) is 0 Å². The number of benzene rings is 1. The van der Waals surface area contributed by atoms with E-state index in [4.69, 9.17) is 14.2 Å². The number of rotatable bonds is 4. The minimum Gasteiger partial charge on any atom is -0.493 e. The van der Waals surface area contributed by atoms with E-state index < -0.39 is 0 Å². The molecule has 2 unspecified atom stereocenters. The van der Waals surface area contributed by atoms with Gasteiger partial charge in [-0.05, 0) is 56.8 Å². The number of methoxy groups -OCH3 is 1. The molecule has 2 fully saturated rings. The predicted octanol–water partition coefficient (Wildman–Crippen LogP) is 2.85. The Bertz CT molecular complexity index is 477. The fourth-order valence-electron chi connectivity index (χ4n) is 3.24. The molecule has 0 amide bonds. The van der Waals surface area contributed by atoms with Crippen molar-refractivity contribution < 1.29 is 14.2 Å². The molecule has 2 aliphatic rings. The lowest BCUT2D eigenvalue weighted by molar-refractivity contribution is 0.00637. The van der Waals surface area contributed by atoms with Crippen LogP contribution in [0.5, 0.6) is 11.5 Å². The zero-order valence-electron chi connectivity index (χ0n) is 13.0. The van der Waals surface area contributed by atoms with Gasteiger partial charge in [-0.3, -0.25) is 0 Å². The number of hydrogen-bond donors (Lipinski definition) is 1. The maximum absolute atomic E-state index is 6.14. The van der Waals surface area contributed by atoms with E-state index in [1.54, 1.807) is 7.11 Å². The van der Waals surface area contributed by atoms with Gasteiger partial charge in [-0.1, -0.05) is 6.07 Å². The molecule has 0 aromatic heterocycles. The molecular weight excluding hydrogens is 266 g/mol. The lowest BCUT2D eigenvalue weighted by atomic mass is 9.90. The van der Waals surface area contributed by atoms with E-state index in [0.717, 1.165) is 43.9 Å². The Morgan fingerprint density at radius 3 is 2.86 bits per heavy atom. The van der Waals surface area contributed by atoms with E-state index >= 15 is 0 Å². The molecule has 1 aromatic rings. The van der Waals surface area contributed by atoms with Crippen molar-refractivity contribution in [3.8, 4) is 11.5 Å². The quantitative estimate of drug-likeness (QED) is 0.926. The summed E-state index contributed by atoms with van der Waals surface area (Å²) in [5.74, 6) is 1.63. The van der Waals surface area contributed by atoms with Crippen LogP contribution in [-0.4, -0.2) is 33.0 Å². The van der Waals surface area contributed by atoms with Crippen molar-refractivity contribution in [3.05, 3.63) is 23.8 Å². The van der Waals surface area contributed by atoms with Gasteiger partial charge in [-0.15, -0.1) is 0 Å². The fraction of sp³-hybridized carbons (Fsp3) is 0.647. The third kappa shape index (κ3) is 3.16. The summed E-state index contributed by atoms with van der Waals surface area (Å²) in [6.45, 7) is 4.85. The topological polar surface area (TPSA) is 39.7 Å². The normalized spacial score (nSPS) is 29.3. The Hall–Kier alpha value is -1.26. The van der Waals surface area contributed by atoms with E-state index in [0.29, 0.717) is 6.61 Å². The molecule has 0 aliphatic carbocycles. The first-order chi connectivity index (χ1) is 10.2. The van der Waals surface area contributed by atoms with Crippen LogP contribution in [0.4, 0.5) is 0 Å². The van der Waals surface area contributed by atoms with Gasteiger partial charge in [0.1, 0.15) is 6.10 Å². The van der Waals surface area contributed by atoms with Crippen LogP contribution in [0.25, 0.3) is 0 Å². The van der Waals surface area contributed by atoms with Gasteiger partial charge in [0, 0.05) is 12.1 Å². The van der Waals surface area contributed by atoms with Crippen molar-refractivity contribution in [3.63, 3.8) is 0 Å². The zero-order chi connectivity index (χ0) is 14.7. The monoisotopic (exact) mass is 291 g/mol. The molecule has 2 saturated heterocycles. The molecule has 3 rings (SSSR count). The largest absolute Gasteiger partial charge is 0.493 e. The molecule has 2 atom stereocenters. The molecule has 0 radical (unpaired) electrons. The molecule has 2 heterocycles. The highest BCUT2D eigenvalue weighted by Crippen LogP contribution is 2.37. The van der Waals surface area contributed by atoms with Gasteiger partial charge in [0.05, 0.1) is 13.7 Å². The molecular formula is C17H25NO3. The van der Waals surface area contributed by atoms with Crippen LogP contribution in [0.3, 0.4) is 0 Å². The van der Waals surface area contributed by atoms with Gasteiger partial charge < -0.3 is 19.5 Å². The van der Waals surface area contributed by atoms with E-state index in [1.165, 1.54) is 12.0 Å². The van der Waals surface area contributed by atoms with Crippen LogP contribution in [0.1, 0.15) is 38.2 Å². The second-order valence-corrected chi connectivity index (χ2v) is 6.19. The first kappa shape index (κ1) is 14.7.